The SMILES string of the molecule is N#Cc1c(-c2ccccc2)nc(N)nc1-c1cc(F)cc(F)c1. The average molecular weight is 308 g/mol. The number of hydrogen-bond donors (Lipinski definition) is 1. The van der Waals surface area contributed by atoms with Crippen molar-refractivity contribution >= 4 is 5.95 Å². The van der Waals surface area contributed by atoms with Crippen molar-refractivity contribution in [2.75, 3.05) is 5.73 Å². The highest BCUT2D eigenvalue weighted by molar-refractivity contribution is 5.78. The number of rotatable bonds is 2. The molecule has 23 heavy (non-hydrogen) atoms. The first-order chi connectivity index (χ1) is 11.1. The summed E-state index contributed by atoms with van der Waals surface area (Å²) in [5.41, 5.74) is 7.03. The first-order valence-corrected chi connectivity index (χ1v) is 6.68. The van der Waals surface area contributed by atoms with Crippen LogP contribution >= 0.6 is 0 Å². The molecule has 1 heterocycles. The molecular formula is C17H10F2N4. The van der Waals surface area contributed by atoms with Crippen LogP contribution in [0, 0.1) is 23.0 Å². The van der Waals surface area contributed by atoms with Crippen molar-refractivity contribution in [1.29, 1.82) is 5.26 Å². The maximum Gasteiger partial charge on any atom is 0.221 e. The van der Waals surface area contributed by atoms with Crippen LogP contribution in [-0.2, 0) is 0 Å². The zero-order valence-corrected chi connectivity index (χ0v) is 11.8. The number of nitriles is 1. The highest BCUT2D eigenvalue weighted by atomic mass is 19.1. The number of benzene rings is 2. The fourth-order valence-corrected chi connectivity index (χ4v) is 2.29. The zero-order chi connectivity index (χ0) is 16.4. The Labute approximate surface area is 130 Å². The summed E-state index contributed by atoms with van der Waals surface area (Å²) in [4.78, 5) is 8.10. The molecule has 0 fully saturated rings. The number of aromatic nitrogens is 2. The van der Waals surface area contributed by atoms with E-state index in [2.05, 4.69) is 9.97 Å². The summed E-state index contributed by atoms with van der Waals surface area (Å²) in [7, 11) is 0. The summed E-state index contributed by atoms with van der Waals surface area (Å²) in [5.74, 6) is -1.60. The van der Waals surface area contributed by atoms with E-state index in [1.807, 2.05) is 12.1 Å². The third kappa shape index (κ3) is 2.85. The predicted molar refractivity (Wildman–Crippen MR) is 81.9 cm³/mol. The van der Waals surface area contributed by atoms with Crippen molar-refractivity contribution < 1.29 is 8.78 Å². The van der Waals surface area contributed by atoms with Gasteiger partial charge in [0.05, 0.1) is 11.4 Å². The van der Waals surface area contributed by atoms with E-state index in [0.717, 1.165) is 18.2 Å². The summed E-state index contributed by atoms with van der Waals surface area (Å²) >= 11 is 0. The van der Waals surface area contributed by atoms with E-state index in [1.54, 1.807) is 24.3 Å². The first kappa shape index (κ1) is 14.6. The van der Waals surface area contributed by atoms with Gasteiger partial charge >= 0.3 is 0 Å². The molecule has 0 amide bonds. The summed E-state index contributed by atoms with van der Waals surface area (Å²) in [5, 5.41) is 9.49. The lowest BCUT2D eigenvalue weighted by Gasteiger charge is -2.10. The van der Waals surface area contributed by atoms with Crippen LogP contribution in [0.4, 0.5) is 14.7 Å². The highest BCUT2D eigenvalue weighted by Crippen LogP contribution is 2.30. The second-order valence-electron chi connectivity index (χ2n) is 4.79. The maximum absolute atomic E-state index is 13.5. The van der Waals surface area contributed by atoms with E-state index in [-0.39, 0.29) is 22.8 Å². The molecular weight excluding hydrogens is 298 g/mol. The number of nitrogen functional groups attached to an aromatic ring is 1. The molecule has 2 N–H and O–H groups in total. The van der Waals surface area contributed by atoms with Gasteiger partial charge < -0.3 is 5.73 Å². The van der Waals surface area contributed by atoms with E-state index in [0.29, 0.717) is 11.3 Å². The molecule has 0 saturated heterocycles. The minimum Gasteiger partial charge on any atom is -0.368 e. The molecule has 0 aliphatic rings. The van der Waals surface area contributed by atoms with Crippen molar-refractivity contribution in [2.24, 2.45) is 0 Å². The summed E-state index contributed by atoms with van der Waals surface area (Å²) in [6, 6.07) is 13.9. The van der Waals surface area contributed by atoms with Gasteiger partial charge in [0.25, 0.3) is 0 Å². The van der Waals surface area contributed by atoms with E-state index in [9.17, 15) is 14.0 Å². The van der Waals surface area contributed by atoms with Crippen LogP contribution < -0.4 is 5.73 Å². The van der Waals surface area contributed by atoms with Crippen molar-refractivity contribution in [3.8, 4) is 28.6 Å². The molecule has 0 bridgehead atoms. The van der Waals surface area contributed by atoms with Crippen LogP contribution in [0.25, 0.3) is 22.5 Å². The largest absolute Gasteiger partial charge is 0.368 e. The number of hydrogen-bond acceptors (Lipinski definition) is 4. The molecule has 6 heteroatoms. The fourth-order valence-electron chi connectivity index (χ4n) is 2.29. The van der Waals surface area contributed by atoms with Gasteiger partial charge in [-0.05, 0) is 12.1 Å². The van der Waals surface area contributed by atoms with E-state index < -0.39 is 11.6 Å². The number of anilines is 1. The molecule has 0 unspecified atom stereocenters. The van der Waals surface area contributed by atoms with Gasteiger partial charge in [0.15, 0.2) is 0 Å². The van der Waals surface area contributed by atoms with Gasteiger partial charge in [0.1, 0.15) is 23.3 Å². The monoisotopic (exact) mass is 308 g/mol. The number of nitrogens with zero attached hydrogens (tertiary/aromatic N) is 3. The third-order valence-corrected chi connectivity index (χ3v) is 3.22. The Hall–Kier alpha value is -3.33. The number of halogens is 2. The first-order valence-electron chi connectivity index (χ1n) is 6.68. The second kappa shape index (κ2) is 5.81. The summed E-state index contributed by atoms with van der Waals surface area (Å²) in [6.45, 7) is 0. The predicted octanol–water partition coefficient (Wildman–Crippen LogP) is 3.54. The van der Waals surface area contributed by atoms with Crippen molar-refractivity contribution in [3.63, 3.8) is 0 Å². The molecule has 0 saturated carbocycles. The molecule has 1 aromatic heterocycles. The maximum atomic E-state index is 13.5. The second-order valence-corrected chi connectivity index (χ2v) is 4.79. The molecule has 112 valence electrons. The minimum absolute atomic E-state index is 0.0810. The molecule has 3 rings (SSSR count). The van der Waals surface area contributed by atoms with Crippen LogP contribution in [0.2, 0.25) is 0 Å². The summed E-state index contributed by atoms with van der Waals surface area (Å²) < 4.78 is 27.0. The smallest absolute Gasteiger partial charge is 0.221 e. The Morgan fingerprint density at radius 2 is 1.43 bits per heavy atom. The molecule has 0 atom stereocenters. The van der Waals surface area contributed by atoms with Crippen LogP contribution in [0.5, 0.6) is 0 Å². The number of nitrogens with two attached hydrogens (primary N) is 1. The van der Waals surface area contributed by atoms with Crippen molar-refractivity contribution in [2.45, 2.75) is 0 Å². The normalized spacial score (nSPS) is 10.3. The third-order valence-electron chi connectivity index (χ3n) is 3.22. The Morgan fingerprint density at radius 1 is 0.870 bits per heavy atom. The Bertz CT molecular complexity index is 898. The van der Waals surface area contributed by atoms with Crippen LogP contribution in [0.1, 0.15) is 5.56 Å². The van der Waals surface area contributed by atoms with Gasteiger partial charge in [0.2, 0.25) is 5.95 Å². The fraction of sp³-hybridized carbons (Fsp3) is 0. The van der Waals surface area contributed by atoms with Gasteiger partial charge in [-0.2, -0.15) is 5.26 Å². The highest BCUT2D eigenvalue weighted by Gasteiger charge is 2.17. The Morgan fingerprint density at radius 3 is 2.00 bits per heavy atom. The van der Waals surface area contributed by atoms with E-state index >= 15 is 0 Å². The lowest BCUT2D eigenvalue weighted by Crippen LogP contribution is -2.03. The minimum atomic E-state index is -0.762. The lowest BCUT2D eigenvalue weighted by molar-refractivity contribution is 0.584. The van der Waals surface area contributed by atoms with Crippen LogP contribution in [-0.4, -0.2) is 9.97 Å². The molecule has 0 aliphatic heterocycles. The topological polar surface area (TPSA) is 75.6 Å². The van der Waals surface area contributed by atoms with Gasteiger partial charge in [-0.25, -0.2) is 18.7 Å². The standard InChI is InChI=1S/C17H10F2N4/c18-12-6-11(7-13(19)8-12)16-14(9-20)15(22-17(21)23-16)10-4-2-1-3-5-10/h1-8H,(H2,21,22,23). The molecule has 3 aromatic rings. The quantitative estimate of drug-likeness (QED) is 0.785. The average Bonchev–Trinajstić information content (AvgIpc) is 2.54. The Balaban J connectivity index is 2.30. The molecule has 4 nitrogen and oxygen atoms in total. The summed E-state index contributed by atoms with van der Waals surface area (Å²) in [6.07, 6.45) is 0. The van der Waals surface area contributed by atoms with Gasteiger partial charge in [-0.1, -0.05) is 30.3 Å². The van der Waals surface area contributed by atoms with Gasteiger partial charge in [-0.15, -0.1) is 0 Å². The Kier molecular flexibility index (Phi) is 3.69. The van der Waals surface area contributed by atoms with E-state index in [4.69, 9.17) is 5.73 Å². The van der Waals surface area contributed by atoms with Crippen molar-refractivity contribution in [3.05, 3.63) is 65.7 Å². The van der Waals surface area contributed by atoms with Gasteiger partial charge in [-0.3, -0.25) is 0 Å². The molecule has 0 radical (unpaired) electrons. The molecule has 2 aromatic carbocycles. The molecule has 0 aliphatic carbocycles. The lowest BCUT2D eigenvalue weighted by atomic mass is 10.0. The van der Waals surface area contributed by atoms with E-state index in [1.165, 1.54) is 0 Å². The van der Waals surface area contributed by atoms with Crippen LogP contribution in [0.15, 0.2) is 48.5 Å². The molecule has 0 spiro atoms. The van der Waals surface area contributed by atoms with Crippen LogP contribution in [0.3, 0.4) is 0 Å². The van der Waals surface area contributed by atoms with Gasteiger partial charge in [0, 0.05) is 17.2 Å². The zero-order valence-electron chi connectivity index (χ0n) is 11.8. The van der Waals surface area contributed by atoms with Crippen molar-refractivity contribution in [1.82, 2.24) is 9.97 Å².